The first-order valence-corrected chi connectivity index (χ1v) is 11.8. The Morgan fingerprint density at radius 3 is 2.79 bits per heavy atom. The third kappa shape index (κ3) is 3.47. The first kappa shape index (κ1) is 20.6. The Hall–Kier alpha value is -3.00. The minimum absolute atomic E-state index is 0.0853. The smallest absolute Gasteiger partial charge is 0.271 e. The van der Waals surface area contributed by atoms with E-state index in [0.717, 1.165) is 38.4 Å². The van der Waals surface area contributed by atoms with Gasteiger partial charge in [0.15, 0.2) is 0 Å². The van der Waals surface area contributed by atoms with Gasteiger partial charge in [0, 0.05) is 28.0 Å². The van der Waals surface area contributed by atoms with E-state index >= 15 is 0 Å². The van der Waals surface area contributed by atoms with Crippen molar-refractivity contribution in [2.45, 2.75) is 39.0 Å². The van der Waals surface area contributed by atoms with Crippen molar-refractivity contribution in [2.75, 3.05) is 0 Å². The number of thiophene rings is 1. The van der Waals surface area contributed by atoms with E-state index in [1.807, 2.05) is 36.4 Å². The van der Waals surface area contributed by atoms with E-state index in [1.54, 1.807) is 17.2 Å². The van der Waals surface area contributed by atoms with Crippen LogP contribution >= 0.6 is 22.9 Å². The molecular formula is C25H20ClN3O3S. The summed E-state index contributed by atoms with van der Waals surface area (Å²) in [5.41, 5.74) is 4.16. The van der Waals surface area contributed by atoms with Crippen LogP contribution in [0.2, 0.25) is 5.02 Å². The number of benzene rings is 1. The van der Waals surface area contributed by atoms with Gasteiger partial charge < -0.3 is 9.15 Å². The summed E-state index contributed by atoms with van der Waals surface area (Å²) in [6.45, 7) is 4.99. The Balaban J connectivity index is 1.59. The zero-order valence-electron chi connectivity index (χ0n) is 18.1. The number of hydrogen-bond acceptors (Lipinski definition) is 6. The summed E-state index contributed by atoms with van der Waals surface area (Å²) in [5.74, 6) is 0.730. The number of furan rings is 1. The van der Waals surface area contributed by atoms with Crippen LogP contribution in [0.4, 0.5) is 0 Å². The summed E-state index contributed by atoms with van der Waals surface area (Å²) >= 11 is 7.38. The molecule has 5 heterocycles. The van der Waals surface area contributed by atoms with Crippen molar-refractivity contribution in [3.8, 4) is 11.3 Å². The third-order valence-corrected chi connectivity index (χ3v) is 7.33. The highest BCUT2D eigenvalue weighted by Crippen LogP contribution is 2.43. The average Bonchev–Trinajstić information content (AvgIpc) is 3.43. The fourth-order valence-corrected chi connectivity index (χ4v) is 5.63. The molecule has 0 spiro atoms. The molecular weight excluding hydrogens is 458 g/mol. The van der Waals surface area contributed by atoms with Crippen LogP contribution in [0.1, 0.15) is 30.7 Å². The Kier molecular flexibility index (Phi) is 4.69. The van der Waals surface area contributed by atoms with Crippen molar-refractivity contribution >= 4 is 43.4 Å². The van der Waals surface area contributed by atoms with Crippen molar-refractivity contribution in [2.24, 2.45) is 0 Å². The maximum atomic E-state index is 13.4. The SMILES string of the molecule is CC1(C)Cc2nc3sc4c(=O)n(Cc5ccc(Cl)cc5)cnc4c3c(-c3ccco3)c2CO1. The second-order valence-corrected chi connectivity index (χ2v) is 10.3. The topological polar surface area (TPSA) is 70.2 Å². The Morgan fingerprint density at radius 2 is 2.03 bits per heavy atom. The van der Waals surface area contributed by atoms with E-state index in [9.17, 15) is 4.79 Å². The number of pyridine rings is 1. The van der Waals surface area contributed by atoms with Crippen LogP contribution in [0.5, 0.6) is 0 Å². The van der Waals surface area contributed by atoms with Crippen molar-refractivity contribution in [1.29, 1.82) is 0 Å². The molecule has 1 aromatic carbocycles. The zero-order chi connectivity index (χ0) is 22.7. The minimum Gasteiger partial charge on any atom is -0.464 e. The highest BCUT2D eigenvalue weighted by molar-refractivity contribution is 7.25. The Labute approximate surface area is 198 Å². The fraction of sp³-hybridized carbons (Fsp3) is 0.240. The summed E-state index contributed by atoms with van der Waals surface area (Å²) in [6.07, 6.45) is 3.95. The average molecular weight is 478 g/mol. The van der Waals surface area contributed by atoms with E-state index in [1.165, 1.54) is 11.3 Å². The van der Waals surface area contributed by atoms with Crippen LogP contribution in [-0.2, 0) is 24.3 Å². The molecule has 0 unspecified atom stereocenters. The number of hydrogen-bond donors (Lipinski definition) is 0. The van der Waals surface area contributed by atoms with Crippen LogP contribution in [0, 0.1) is 0 Å². The maximum Gasteiger partial charge on any atom is 0.271 e. The first-order valence-electron chi connectivity index (χ1n) is 10.7. The van der Waals surface area contributed by atoms with E-state index in [2.05, 4.69) is 13.8 Å². The lowest BCUT2D eigenvalue weighted by molar-refractivity contribution is -0.0409. The van der Waals surface area contributed by atoms with Crippen LogP contribution < -0.4 is 5.56 Å². The van der Waals surface area contributed by atoms with Crippen molar-refractivity contribution < 1.29 is 9.15 Å². The van der Waals surface area contributed by atoms with E-state index in [4.69, 9.17) is 30.7 Å². The molecule has 1 aliphatic rings. The molecule has 8 heteroatoms. The number of rotatable bonds is 3. The van der Waals surface area contributed by atoms with Gasteiger partial charge in [0.05, 0.1) is 42.6 Å². The molecule has 0 radical (unpaired) electrons. The highest BCUT2D eigenvalue weighted by Gasteiger charge is 2.32. The molecule has 5 aromatic rings. The second-order valence-electron chi connectivity index (χ2n) is 8.88. The molecule has 4 aromatic heterocycles. The molecule has 6 nitrogen and oxygen atoms in total. The summed E-state index contributed by atoms with van der Waals surface area (Å²) in [5, 5.41) is 1.51. The van der Waals surface area contributed by atoms with Gasteiger partial charge >= 0.3 is 0 Å². The molecule has 6 rings (SSSR count). The molecule has 0 amide bonds. The lowest BCUT2D eigenvalue weighted by atomic mass is 9.91. The van der Waals surface area contributed by atoms with Crippen LogP contribution in [0.15, 0.2) is 58.2 Å². The zero-order valence-corrected chi connectivity index (χ0v) is 19.7. The van der Waals surface area contributed by atoms with Gasteiger partial charge in [0.25, 0.3) is 5.56 Å². The van der Waals surface area contributed by atoms with Crippen LogP contribution in [0.3, 0.4) is 0 Å². The monoisotopic (exact) mass is 477 g/mol. The molecule has 0 saturated carbocycles. The predicted octanol–water partition coefficient (Wildman–Crippen LogP) is 5.82. The van der Waals surface area contributed by atoms with Crippen molar-refractivity contribution in [1.82, 2.24) is 14.5 Å². The number of ether oxygens (including phenoxy) is 1. The molecule has 1 aliphatic heterocycles. The van der Waals surface area contributed by atoms with Gasteiger partial charge in [-0.3, -0.25) is 9.36 Å². The van der Waals surface area contributed by atoms with E-state index in [0.29, 0.717) is 34.8 Å². The van der Waals surface area contributed by atoms with Crippen molar-refractivity contribution in [3.05, 3.63) is 81.2 Å². The van der Waals surface area contributed by atoms with Gasteiger partial charge in [-0.2, -0.15) is 0 Å². The molecule has 166 valence electrons. The quantitative estimate of drug-likeness (QED) is 0.327. The maximum absolute atomic E-state index is 13.4. The number of aromatic nitrogens is 3. The first-order chi connectivity index (χ1) is 15.9. The van der Waals surface area contributed by atoms with Gasteiger partial charge in [-0.15, -0.1) is 11.3 Å². The molecule has 0 saturated heterocycles. The lowest BCUT2D eigenvalue weighted by Crippen LogP contribution is -2.32. The summed E-state index contributed by atoms with van der Waals surface area (Å²) in [4.78, 5) is 23.9. The molecule has 0 N–H and O–H groups in total. The number of fused-ring (bicyclic) bond motifs is 4. The predicted molar refractivity (Wildman–Crippen MR) is 130 cm³/mol. The molecule has 33 heavy (non-hydrogen) atoms. The molecule has 0 fully saturated rings. The van der Waals surface area contributed by atoms with Crippen LogP contribution in [0.25, 0.3) is 31.8 Å². The Morgan fingerprint density at radius 1 is 1.21 bits per heavy atom. The number of halogens is 1. The standard InChI is InChI=1S/C25H20ClN3O3S/c1-25(2)10-17-16(12-32-25)19(18-4-3-9-31-18)20-21-22(33-23(20)28-17)24(30)29(13-27-21)11-14-5-7-15(26)8-6-14/h3-9,13H,10-12H2,1-2H3. The Bertz CT molecular complexity index is 1570. The highest BCUT2D eigenvalue weighted by atomic mass is 35.5. The third-order valence-electron chi connectivity index (χ3n) is 6.02. The second kappa shape index (κ2) is 7.52. The summed E-state index contributed by atoms with van der Waals surface area (Å²) in [7, 11) is 0. The normalized spacial score (nSPS) is 15.2. The van der Waals surface area contributed by atoms with Gasteiger partial charge in [0.1, 0.15) is 15.3 Å². The largest absolute Gasteiger partial charge is 0.464 e. The van der Waals surface area contributed by atoms with E-state index < -0.39 is 0 Å². The van der Waals surface area contributed by atoms with E-state index in [-0.39, 0.29) is 11.2 Å². The van der Waals surface area contributed by atoms with Crippen LogP contribution in [-0.4, -0.2) is 20.1 Å². The van der Waals surface area contributed by atoms with Gasteiger partial charge in [-0.25, -0.2) is 9.97 Å². The summed E-state index contributed by atoms with van der Waals surface area (Å²) in [6, 6.07) is 11.3. The minimum atomic E-state index is -0.297. The number of nitrogens with zero attached hydrogens (tertiary/aromatic N) is 3. The molecule has 0 atom stereocenters. The van der Waals surface area contributed by atoms with Gasteiger partial charge in [-0.1, -0.05) is 23.7 Å². The lowest BCUT2D eigenvalue weighted by Gasteiger charge is -2.32. The molecule has 0 bridgehead atoms. The molecule has 0 aliphatic carbocycles. The van der Waals surface area contributed by atoms with Gasteiger partial charge in [-0.05, 0) is 43.7 Å². The fourth-order valence-electron chi connectivity index (χ4n) is 4.39. The van der Waals surface area contributed by atoms with Gasteiger partial charge in [0.2, 0.25) is 0 Å². The van der Waals surface area contributed by atoms with Crippen molar-refractivity contribution in [3.63, 3.8) is 0 Å². The summed E-state index contributed by atoms with van der Waals surface area (Å²) < 4.78 is 14.1.